The summed E-state index contributed by atoms with van der Waals surface area (Å²) < 4.78 is 0. The van der Waals surface area contributed by atoms with Gasteiger partial charge in [-0.05, 0) is 18.9 Å². The topological polar surface area (TPSA) is 99.1 Å². The lowest BCUT2D eigenvalue weighted by molar-refractivity contribution is -0.138. The van der Waals surface area contributed by atoms with E-state index in [4.69, 9.17) is 15.9 Å². The number of hydrogen-bond acceptors (Lipinski definition) is 5. The van der Waals surface area contributed by atoms with E-state index in [1.807, 2.05) is 4.90 Å². The Morgan fingerprint density at radius 2 is 2.47 bits per heavy atom. The lowest BCUT2D eigenvalue weighted by Gasteiger charge is -2.20. The third kappa shape index (κ3) is 3.99. The average molecular weight is 213 g/mol. The predicted molar refractivity (Wildman–Crippen MR) is 55.6 cm³/mol. The van der Waals surface area contributed by atoms with E-state index < -0.39 is 12.0 Å². The van der Waals surface area contributed by atoms with Gasteiger partial charge in [0.1, 0.15) is 6.04 Å². The summed E-state index contributed by atoms with van der Waals surface area (Å²) >= 11 is 0. The van der Waals surface area contributed by atoms with E-state index in [0.717, 1.165) is 0 Å². The molecule has 84 valence electrons. The molecule has 1 unspecified atom stereocenters. The third-order valence-corrected chi connectivity index (χ3v) is 2.14. The molecule has 0 aromatic carbocycles. The van der Waals surface area contributed by atoms with Crippen LogP contribution in [0.3, 0.4) is 0 Å². The van der Waals surface area contributed by atoms with Crippen LogP contribution in [0.5, 0.6) is 0 Å². The first-order valence-electron chi connectivity index (χ1n) is 4.75. The first-order chi connectivity index (χ1) is 7.09. The van der Waals surface area contributed by atoms with Gasteiger partial charge in [0.2, 0.25) is 5.88 Å². The summed E-state index contributed by atoms with van der Waals surface area (Å²) in [5, 5.41) is 17.5. The summed E-state index contributed by atoms with van der Waals surface area (Å²) in [6.07, 6.45) is 4.27. The minimum atomic E-state index is -0.972. The van der Waals surface area contributed by atoms with Gasteiger partial charge in [-0.25, -0.2) is 4.99 Å². The number of carbonyl (C=O) groups is 1. The number of rotatable bonds is 5. The molecule has 6 heteroatoms. The van der Waals surface area contributed by atoms with Gasteiger partial charge in [0.05, 0.1) is 6.34 Å². The van der Waals surface area contributed by atoms with Crippen molar-refractivity contribution in [1.29, 1.82) is 0 Å². The number of nitrogens with two attached hydrogens (primary N) is 1. The van der Waals surface area contributed by atoms with Gasteiger partial charge in [0.15, 0.2) is 0 Å². The fourth-order valence-electron chi connectivity index (χ4n) is 1.23. The van der Waals surface area contributed by atoms with Crippen LogP contribution in [0.2, 0.25) is 0 Å². The molecule has 0 aromatic heterocycles. The molecule has 0 saturated carbocycles. The van der Waals surface area contributed by atoms with Crippen LogP contribution in [0, 0.1) is 0 Å². The van der Waals surface area contributed by atoms with E-state index in [-0.39, 0.29) is 5.88 Å². The molecule has 0 aromatic rings. The van der Waals surface area contributed by atoms with Gasteiger partial charge in [-0.15, -0.1) is 0 Å². The highest BCUT2D eigenvalue weighted by Gasteiger charge is 2.11. The maximum absolute atomic E-state index is 10.4. The van der Waals surface area contributed by atoms with Crippen molar-refractivity contribution < 1.29 is 15.0 Å². The second-order valence-electron chi connectivity index (χ2n) is 3.39. The molecule has 0 radical (unpaired) electrons. The van der Waals surface area contributed by atoms with E-state index in [9.17, 15) is 4.79 Å². The summed E-state index contributed by atoms with van der Waals surface area (Å²) in [5.41, 5.74) is 5.35. The third-order valence-electron chi connectivity index (χ3n) is 2.14. The van der Waals surface area contributed by atoms with Crippen molar-refractivity contribution in [2.24, 2.45) is 10.7 Å². The van der Waals surface area contributed by atoms with Gasteiger partial charge in [0.25, 0.3) is 0 Å². The van der Waals surface area contributed by atoms with Crippen LogP contribution >= 0.6 is 0 Å². The molecule has 0 bridgehead atoms. The maximum atomic E-state index is 10.4. The van der Waals surface area contributed by atoms with Crippen LogP contribution in [0.25, 0.3) is 0 Å². The maximum Gasteiger partial charge on any atom is 0.320 e. The molecule has 4 N–H and O–H groups in total. The first kappa shape index (κ1) is 11.5. The standard InChI is InChI=1S/C9H15N3O3/c10-7(9(14)15)2-1-4-12-5-3-8(13)11-6-12/h3,6-7,13H,1-2,4-5,10H2,(H,14,15). The Labute approximate surface area is 87.7 Å². The number of aliphatic hydroxyl groups excluding tert-OH is 1. The van der Waals surface area contributed by atoms with Gasteiger partial charge in [-0.1, -0.05) is 0 Å². The predicted octanol–water partition coefficient (Wildman–Crippen LogP) is -0.0782. The summed E-state index contributed by atoms with van der Waals surface area (Å²) in [4.78, 5) is 16.0. The molecule has 1 heterocycles. The van der Waals surface area contributed by atoms with Crippen molar-refractivity contribution >= 4 is 12.3 Å². The van der Waals surface area contributed by atoms with Crippen molar-refractivity contribution in [3.63, 3.8) is 0 Å². The Hall–Kier alpha value is -1.56. The number of hydrogen-bond donors (Lipinski definition) is 3. The minimum absolute atomic E-state index is 0.0217. The Bertz CT molecular complexity index is 288. The number of carboxylic acids is 1. The Balaban J connectivity index is 2.17. The highest BCUT2D eigenvalue weighted by molar-refractivity contribution is 5.72. The van der Waals surface area contributed by atoms with E-state index in [1.165, 1.54) is 0 Å². The first-order valence-corrected chi connectivity index (χ1v) is 4.75. The molecule has 0 spiro atoms. The molecule has 6 nitrogen and oxygen atoms in total. The number of aliphatic hydroxyl groups is 1. The van der Waals surface area contributed by atoms with Crippen LogP contribution in [0.15, 0.2) is 17.0 Å². The summed E-state index contributed by atoms with van der Waals surface area (Å²) in [6, 6.07) is -0.796. The molecule has 1 aliphatic heterocycles. The van der Waals surface area contributed by atoms with E-state index in [0.29, 0.717) is 25.9 Å². The normalized spacial score (nSPS) is 17.4. The number of aliphatic carboxylic acids is 1. The lowest BCUT2D eigenvalue weighted by Crippen LogP contribution is -2.32. The van der Waals surface area contributed by atoms with Gasteiger partial charge in [-0.2, -0.15) is 0 Å². The van der Waals surface area contributed by atoms with Crippen LogP contribution in [0.4, 0.5) is 0 Å². The number of carboxylic acid groups (broad SMARTS) is 1. The average Bonchev–Trinajstić information content (AvgIpc) is 2.20. The smallest absolute Gasteiger partial charge is 0.320 e. The van der Waals surface area contributed by atoms with Gasteiger partial charge in [0, 0.05) is 13.1 Å². The highest BCUT2D eigenvalue weighted by atomic mass is 16.4. The Morgan fingerprint density at radius 1 is 1.73 bits per heavy atom. The summed E-state index contributed by atoms with van der Waals surface area (Å²) in [6.45, 7) is 1.28. The zero-order valence-corrected chi connectivity index (χ0v) is 8.33. The molecule has 1 atom stereocenters. The zero-order valence-electron chi connectivity index (χ0n) is 8.33. The van der Waals surface area contributed by atoms with Crippen molar-refractivity contribution in [2.75, 3.05) is 13.1 Å². The lowest BCUT2D eigenvalue weighted by atomic mass is 10.1. The number of aliphatic imine (C=N–C) groups is 1. The second-order valence-corrected chi connectivity index (χ2v) is 3.39. The Morgan fingerprint density at radius 3 is 3.00 bits per heavy atom. The quantitative estimate of drug-likeness (QED) is 0.593. The van der Waals surface area contributed by atoms with Crippen molar-refractivity contribution in [3.05, 3.63) is 12.0 Å². The van der Waals surface area contributed by atoms with Crippen molar-refractivity contribution in [3.8, 4) is 0 Å². The summed E-state index contributed by atoms with van der Waals surface area (Å²) in [5.74, 6) is -0.951. The minimum Gasteiger partial charge on any atom is -0.493 e. The molecule has 0 fully saturated rings. The van der Waals surface area contributed by atoms with Gasteiger partial charge >= 0.3 is 5.97 Å². The van der Waals surface area contributed by atoms with Crippen LogP contribution in [0.1, 0.15) is 12.8 Å². The SMILES string of the molecule is NC(CCCN1C=NC(O)=CC1)C(=O)O. The Kier molecular flexibility index (Phi) is 4.11. The molecular formula is C9H15N3O3. The molecule has 0 amide bonds. The van der Waals surface area contributed by atoms with Crippen LogP contribution < -0.4 is 5.73 Å². The molecule has 15 heavy (non-hydrogen) atoms. The van der Waals surface area contributed by atoms with Crippen molar-refractivity contribution in [2.45, 2.75) is 18.9 Å². The van der Waals surface area contributed by atoms with Crippen LogP contribution in [-0.2, 0) is 4.79 Å². The number of nitrogens with zero attached hydrogens (tertiary/aromatic N) is 2. The van der Waals surface area contributed by atoms with E-state index in [2.05, 4.69) is 4.99 Å². The zero-order chi connectivity index (χ0) is 11.3. The van der Waals surface area contributed by atoms with Gasteiger partial charge < -0.3 is 20.8 Å². The second kappa shape index (κ2) is 5.35. The van der Waals surface area contributed by atoms with E-state index >= 15 is 0 Å². The fourth-order valence-corrected chi connectivity index (χ4v) is 1.23. The molecular weight excluding hydrogens is 198 g/mol. The molecule has 1 rings (SSSR count). The van der Waals surface area contributed by atoms with Crippen LogP contribution in [-0.4, -0.2) is 46.6 Å². The summed E-state index contributed by atoms with van der Waals surface area (Å²) in [7, 11) is 0. The fraction of sp³-hybridized carbons (Fsp3) is 0.556. The largest absolute Gasteiger partial charge is 0.493 e. The van der Waals surface area contributed by atoms with E-state index in [1.54, 1.807) is 12.4 Å². The van der Waals surface area contributed by atoms with Gasteiger partial charge in [-0.3, -0.25) is 4.79 Å². The monoisotopic (exact) mass is 213 g/mol. The molecule has 1 aliphatic rings. The molecule has 0 aliphatic carbocycles. The highest BCUT2D eigenvalue weighted by Crippen LogP contribution is 2.02. The van der Waals surface area contributed by atoms with Crippen molar-refractivity contribution in [1.82, 2.24) is 4.90 Å². The molecule has 0 saturated heterocycles.